The lowest BCUT2D eigenvalue weighted by molar-refractivity contribution is 0.0984. The first-order valence-corrected chi connectivity index (χ1v) is 12.9. The fourth-order valence-electron chi connectivity index (χ4n) is 4.57. The van der Waals surface area contributed by atoms with E-state index in [2.05, 4.69) is 15.5 Å². The molecule has 1 aliphatic heterocycles. The van der Waals surface area contributed by atoms with Gasteiger partial charge in [-0.2, -0.15) is 0 Å². The smallest absolute Gasteiger partial charge is 0.167 e. The second kappa shape index (κ2) is 11.8. The number of ketones is 2. The Morgan fingerprint density at radius 3 is 1.58 bits per heavy atom. The van der Waals surface area contributed by atoms with Gasteiger partial charge in [-0.05, 0) is 83.9 Å². The summed E-state index contributed by atoms with van der Waals surface area (Å²) in [4.78, 5) is 27.6. The standard InChI is InChI=1S/C32H30FN3O2/c33-27-9-5-25(6-10-27)31(37)21-23-1-11-28(12-2-23)35-29-13-3-24(4-14-29)22-32(38)26-7-15-30(16-8-26)36-19-17-34-18-20-36/h1-16,34-35H,17-22H2. The van der Waals surface area contributed by atoms with Crippen LogP contribution in [0, 0.1) is 5.82 Å². The summed E-state index contributed by atoms with van der Waals surface area (Å²) in [6, 6.07) is 29.0. The van der Waals surface area contributed by atoms with Crippen molar-refractivity contribution in [2.75, 3.05) is 36.4 Å². The number of carbonyl (C=O) groups excluding carboxylic acids is 2. The van der Waals surface area contributed by atoms with Gasteiger partial charge in [-0.15, -0.1) is 0 Å². The maximum absolute atomic E-state index is 13.1. The molecule has 4 aromatic carbocycles. The highest BCUT2D eigenvalue weighted by Gasteiger charge is 2.12. The Morgan fingerprint density at radius 2 is 1.11 bits per heavy atom. The van der Waals surface area contributed by atoms with Gasteiger partial charge in [-0.3, -0.25) is 9.59 Å². The van der Waals surface area contributed by atoms with E-state index < -0.39 is 0 Å². The topological polar surface area (TPSA) is 61.4 Å². The molecule has 0 atom stereocenters. The number of nitrogens with one attached hydrogen (secondary N) is 2. The Hall–Kier alpha value is -4.29. The highest BCUT2D eigenvalue weighted by Crippen LogP contribution is 2.21. The summed E-state index contributed by atoms with van der Waals surface area (Å²) in [6.45, 7) is 3.93. The van der Waals surface area contributed by atoms with E-state index in [1.807, 2.05) is 72.8 Å². The average molecular weight is 508 g/mol. The van der Waals surface area contributed by atoms with Crippen molar-refractivity contribution in [3.8, 4) is 0 Å². The molecule has 192 valence electrons. The lowest BCUT2D eigenvalue weighted by Crippen LogP contribution is -2.43. The van der Waals surface area contributed by atoms with Gasteiger partial charge in [0.05, 0.1) is 0 Å². The van der Waals surface area contributed by atoms with Crippen molar-refractivity contribution in [2.45, 2.75) is 12.8 Å². The zero-order valence-corrected chi connectivity index (χ0v) is 21.1. The number of hydrogen-bond donors (Lipinski definition) is 2. The molecule has 1 saturated heterocycles. The first kappa shape index (κ1) is 25.4. The van der Waals surface area contributed by atoms with Crippen LogP contribution < -0.4 is 15.5 Å². The molecule has 5 nitrogen and oxygen atoms in total. The van der Waals surface area contributed by atoms with Gasteiger partial charge in [0.15, 0.2) is 11.6 Å². The molecular formula is C32H30FN3O2. The molecule has 38 heavy (non-hydrogen) atoms. The molecular weight excluding hydrogens is 477 g/mol. The van der Waals surface area contributed by atoms with Crippen LogP contribution >= 0.6 is 0 Å². The number of nitrogens with zero attached hydrogens (tertiary/aromatic N) is 1. The molecule has 4 aromatic rings. The summed E-state index contributed by atoms with van der Waals surface area (Å²) in [7, 11) is 0. The maximum atomic E-state index is 13.1. The number of piperazine rings is 1. The molecule has 0 spiro atoms. The van der Waals surface area contributed by atoms with Gasteiger partial charge in [-0.1, -0.05) is 24.3 Å². The predicted molar refractivity (Wildman–Crippen MR) is 150 cm³/mol. The van der Waals surface area contributed by atoms with Gasteiger partial charge < -0.3 is 15.5 Å². The van der Waals surface area contributed by atoms with E-state index in [1.54, 1.807) is 0 Å². The van der Waals surface area contributed by atoms with Crippen molar-refractivity contribution < 1.29 is 14.0 Å². The van der Waals surface area contributed by atoms with E-state index >= 15 is 0 Å². The summed E-state index contributed by atoms with van der Waals surface area (Å²) in [5, 5.41) is 6.70. The summed E-state index contributed by atoms with van der Waals surface area (Å²) < 4.78 is 13.1. The Balaban J connectivity index is 1.13. The molecule has 0 aromatic heterocycles. The van der Waals surface area contributed by atoms with E-state index in [4.69, 9.17) is 0 Å². The van der Waals surface area contributed by atoms with Crippen LogP contribution in [0.15, 0.2) is 97.1 Å². The molecule has 0 amide bonds. The quantitative estimate of drug-likeness (QED) is 0.279. The number of benzene rings is 4. The van der Waals surface area contributed by atoms with Crippen molar-refractivity contribution in [3.63, 3.8) is 0 Å². The van der Waals surface area contributed by atoms with Crippen molar-refractivity contribution in [2.24, 2.45) is 0 Å². The van der Waals surface area contributed by atoms with Gasteiger partial charge in [0, 0.05) is 67.2 Å². The van der Waals surface area contributed by atoms with E-state index in [9.17, 15) is 14.0 Å². The summed E-state index contributed by atoms with van der Waals surface area (Å²) >= 11 is 0. The van der Waals surface area contributed by atoms with E-state index in [-0.39, 0.29) is 23.8 Å². The van der Waals surface area contributed by atoms with E-state index in [0.717, 1.165) is 59.9 Å². The fourth-order valence-corrected chi connectivity index (χ4v) is 4.57. The summed E-state index contributed by atoms with van der Waals surface area (Å²) in [6.07, 6.45) is 0.608. The molecule has 0 bridgehead atoms. The van der Waals surface area contributed by atoms with Crippen LogP contribution in [0.25, 0.3) is 0 Å². The SMILES string of the molecule is O=C(Cc1ccc(Nc2ccc(CC(=O)c3ccc(N4CCNCC4)cc3)cc2)cc1)c1ccc(F)cc1. The number of anilines is 3. The molecule has 0 aliphatic carbocycles. The van der Waals surface area contributed by atoms with Crippen LogP contribution in [-0.4, -0.2) is 37.7 Å². The van der Waals surface area contributed by atoms with Crippen molar-refractivity contribution in [3.05, 3.63) is 125 Å². The normalized spacial score (nSPS) is 13.2. The van der Waals surface area contributed by atoms with Crippen LogP contribution in [0.5, 0.6) is 0 Å². The van der Waals surface area contributed by atoms with Crippen LogP contribution in [-0.2, 0) is 12.8 Å². The minimum Gasteiger partial charge on any atom is -0.369 e. The van der Waals surface area contributed by atoms with Crippen molar-refractivity contribution >= 4 is 28.6 Å². The summed E-state index contributed by atoms with van der Waals surface area (Å²) in [5.74, 6) is -0.303. The molecule has 0 saturated carbocycles. The van der Waals surface area contributed by atoms with Gasteiger partial charge in [0.1, 0.15) is 5.82 Å². The van der Waals surface area contributed by atoms with E-state index in [0.29, 0.717) is 12.0 Å². The van der Waals surface area contributed by atoms with Gasteiger partial charge in [0.25, 0.3) is 0 Å². The third kappa shape index (κ3) is 6.52. The third-order valence-electron chi connectivity index (χ3n) is 6.76. The zero-order valence-electron chi connectivity index (χ0n) is 21.1. The minimum absolute atomic E-state index is 0.0497. The zero-order chi connectivity index (χ0) is 26.3. The largest absolute Gasteiger partial charge is 0.369 e. The molecule has 1 aliphatic rings. The van der Waals surface area contributed by atoms with Crippen LogP contribution in [0.3, 0.4) is 0 Å². The first-order valence-electron chi connectivity index (χ1n) is 12.9. The van der Waals surface area contributed by atoms with Crippen LogP contribution in [0.2, 0.25) is 0 Å². The number of carbonyl (C=O) groups is 2. The van der Waals surface area contributed by atoms with Crippen LogP contribution in [0.4, 0.5) is 21.5 Å². The lowest BCUT2D eigenvalue weighted by atomic mass is 10.0. The van der Waals surface area contributed by atoms with Crippen molar-refractivity contribution in [1.29, 1.82) is 0 Å². The highest BCUT2D eigenvalue weighted by atomic mass is 19.1. The van der Waals surface area contributed by atoms with Gasteiger partial charge >= 0.3 is 0 Å². The summed E-state index contributed by atoms with van der Waals surface area (Å²) in [5.41, 5.74) is 6.05. The Bertz CT molecular complexity index is 1380. The number of rotatable bonds is 9. The second-order valence-corrected chi connectivity index (χ2v) is 9.51. The Kier molecular flexibility index (Phi) is 7.90. The Labute approximate surface area is 222 Å². The highest BCUT2D eigenvalue weighted by molar-refractivity contribution is 5.98. The minimum atomic E-state index is -0.354. The molecule has 6 heteroatoms. The molecule has 5 rings (SSSR count). The number of hydrogen-bond acceptors (Lipinski definition) is 5. The predicted octanol–water partition coefficient (Wildman–Crippen LogP) is 5.83. The van der Waals surface area contributed by atoms with Gasteiger partial charge in [0.2, 0.25) is 0 Å². The number of Topliss-reactive ketones (excluding diaryl/α,β-unsaturated/α-hetero) is 2. The maximum Gasteiger partial charge on any atom is 0.167 e. The molecule has 1 fully saturated rings. The molecule has 1 heterocycles. The number of halogens is 1. The monoisotopic (exact) mass is 507 g/mol. The van der Waals surface area contributed by atoms with E-state index in [1.165, 1.54) is 24.3 Å². The molecule has 2 N–H and O–H groups in total. The molecule has 0 unspecified atom stereocenters. The average Bonchev–Trinajstić information content (AvgIpc) is 2.96. The third-order valence-corrected chi connectivity index (χ3v) is 6.76. The van der Waals surface area contributed by atoms with Crippen molar-refractivity contribution in [1.82, 2.24) is 5.32 Å². The first-order chi connectivity index (χ1) is 18.5. The van der Waals surface area contributed by atoms with Gasteiger partial charge in [-0.25, -0.2) is 4.39 Å². The second-order valence-electron chi connectivity index (χ2n) is 9.51. The fraction of sp³-hybridized carbons (Fsp3) is 0.188. The molecule has 0 radical (unpaired) electrons. The van der Waals surface area contributed by atoms with Crippen LogP contribution in [0.1, 0.15) is 31.8 Å². The Morgan fingerprint density at radius 1 is 0.658 bits per heavy atom. The lowest BCUT2D eigenvalue weighted by Gasteiger charge is -2.29.